The molecule has 1 atom stereocenters. The van der Waals surface area contributed by atoms with Crippen LogP contribution in [0.1, 0.15) is 17.4 Å². The molecular weight excluding hydrogens is 558 g/mol. The summed E-state index contributed by atoms with van der Waals surface area (Å²) < 4.78 is 0.885. The number of aromatic amines is 1. The first-order valence-electron chi connectivity index (χ1n) is 12.9. The molecule has 1 unspecified atom stereocenters. The number of H-pyrrole nitrogens is 1. The van der Waals surface area contributed by atoms with Crippen molar-refractivity contribution in [2.75, 3.05) is 31.1 Å². The highest BCUT2D eigenvalue weighted by Crippen LogP contribution is 2.41. The van der Waals surface area contributed by atoms with Gasteiger partial charge in [0.1, 0.15) is 13.1 Å². The average Bonchev–Trinajstić information content (AvgIpc) is 3.17. The van der Waals surface area contributed by atoms with Gasteiger partial charge in [0.25, 0.3) is 0 Å². The second-order valence-electron chi connectivity index (χ2n) is 9.94. The van der Waals surface area contributed by atoms with E-state index < -0.39 is 6.04 Å². The molecule has 2 aliphatic heterocycles. The van der Waals surface area contributed by atoms with Crippen LogP contribution in [-0.2, 0) is 11.3 Å². The van der Waals surface area contributed by atoms with E-state index in [0.717, 1.165) is 21.3 Å². The summed E-state index contributed by atoms with van der Waals surface area (Å²) in [4.78, 5) is 51.6. The summed E-state index contributed by atoms with van der Waals surface area (Å²) in [6, 6.07) is 23.1. The number of carbonyl (C=O) groups is 2. The first kappa shape index (κ1) is 25.4. The molecule has 0 radical (unpaired) electrons. The molecule has 3 amide bonds. The molecule has 4 aromatic rings. The number of imide groups is 1. The van der Waals surface area contributed by atoms with Crippen LogP contribution in [0.3, 0.4) is 0 Å². The van der Waals surface area contributed by atoms with E-state index in [9.17, 15) is 14.4 Å². The number of amides is 3. The molecule has 2 aliphatic rings. The summed E-state index contributed by atoms with van der Waals surface area (Å²) in [7, 11) is 0. The van der Waals surface area contributed by atoms with Gasteiger partial charge in [0.15, 0.2) is 5.43 Å². The van der Waals surface area contributed by atoms with Gasteiger partial charge in [-0.2, -0.15) is 4.90 Å². The van der Waals surface area contributed by atoms with Crippen LogP contribution in [0.15, 0.2) is 101 Å². The fraction of sp³-hybridized carbons (Fsp3) is 0.200. The van der Waals surface area contributed by atoms with Gasteiger partial charge in [0.2, 0.25) is 6.04 Å². The lowest BCUT2D eigenvalue weighted by molar-refractivity contribution is -0.870. The van der Waals surface area contributed by atoms with E-state index >= 15 is 0 Å². The number of nitrogens with one attached hydrogen (secondary N) is 1. The molecule has 2 fully saturated rings. The van der Waals surface area contributed by atoms with Gasteiger partial charge in [0.05, 0.1) is 17.1 Å². The van der Waals surface area contributed by atoms with Crippen molar-refractivity contribution >= 4 is 33.6 Å². The summed E-state index contributed by atoms with van der Waals surface area (Å²) in [5, 5.41) is 0. The Bertz CT molecular complexity index is 1580. The third kappa shape index (κ3) is 4.63. The number of quaternary nitrogens is 1. The molecule has 2 aromatic heterocycles. The monoisotopic (exact) mass is 584 g/mol. The van der Waals surface area contributed by atoms with E-state index in [4.69, 9.17) is 0 Å². The normalized spacial score (nSPS) is 19.1. The Kier molecular flexibility index (Phi) is 6.72. The minimum atomic E-state index is -0.816. The van der Waals surface area contributed by atoms with Crippen molar-refractivity contribution in [3.05, 3.63) is 117 Å². The SMILES string of the molecule is O=C1C(c2cc(=O)cc[nH]2)[N+]2(CCN(Cc3ncccc3Br)CC2)C(=O)N1c1ccc(-c2ccccc2)cc1. The number of nitrogens with zero attached hydrogens (tertiary/aromatic N) is 4. The maximum atomic E-state index is 14.2. The van der Waals surface area contributed by atoms with E-state index in [1.807, 2.05) is 66.7 Å². The number of halogens is 1. The number of aromatic nitrogens is 2. The van der Waals surface area contributed by atoms with Crippen LogP contribution in [-0.4, -0.2) is 57.5 Å². The number of hydrogen-bond donors (Lipinski definition) is 1. The van der Waals surface area contributed by atoms with E-state index in [1.165, 1.54) is 23.2 Å². The van der Waals surface area contributed by atoms with Crippen molar-refractivity contribution in [1.82, 2.24) is 14.9 Å². The van der Waals surface area contributed by atoms with Gasteiger partial charge in [-0.1, -0.05) is 42.5 Å². The molecule has 196 valence electrons. The Labute approximate surface area is 234 Å². The van der Waals surface area contributed by atoms with Crippen molar-refractivity contribution in [2.24, 2.45) is 0 Å². The zero-order chi connectivity index (χ0) is 27.0. The largest absolute Gasteiger partial charge is 0.431 e. The minimum Gasteiger partial charge on any atom is -0.359 e. The molecule has 0 saturated carbocycles. The van der Waals surface area contributed by atoms with Gasteiger partial charge in [-0.05, 0) is 51.3 Å². The second kappa shape index (κ2) is 10.3. The van der Waals surface area contributed by atoms with E-state index in [0.29, 0.717) is 44.1 Å². The molecule has 1 N–H and O–H groups in total. The van der Waals surface area contributed by atoms with Gasteiger partial charge in [-0.25, -0.2) is 9.28 Å². The predicted molar refractivity (Wildman–Crippen MR) is 152 cm³/mol. The van der Waals surface area contributed by atoms with Crippen LogP contribution in [0, 0.1) is 0 Å². The van der Waals surface area contributed by atoms with Crippen molar-refractivity contribution in [3.63, 3.8) is 0 Å². The Hall–Kier alpha value is -3.92. The number of rotatable bonds is 5. The summed E-state index contributed by atoms with van der Waals surface area (Å²) in [5.74, 6) is -0.324. The molecule has 8 nitrogen and oxygen atoms in total. The molecule has 9 heteroatoms. The van der Waals surface area contributed by atoms with Crippen LogP contribution < -0.4 is 10.3 Å². The Morgan fingerprint density at radius 2 is 1.62 bits per heavy atom. The van der Waals surface area contributed by atoms with Gasteiger partial charge in [-0.3, -0.25) is 19.5 Å². The van der Waals surface area contributed by atoms with E-state index in [2.05, 4.69) is 30.8 Å². The number of urea groups is 1. The van der Waals surface area contributed by atoms with E-state index in [-0.39, 0.29) is 21.9 Å². The number of benzene rings is 2. The summed E-state index contributed by atoms with van der Waals surface area (Å²) in [5.41, 5.74) is 3.78. The molecule has 39 heavy (non-hydrogen) atoms. The lowest BCUT2D eigenvalue weighted by Gasteiger charge is -2.41. The maximum Gasteiger partial charge on any atom is 0.431 e. The summed E-state index contributed by atoms with van der Waals surface area (Å²) in [6.45, 7) is 2.73. The third-order valence-corrected chi connectivity index (χ3v) is 8.40. The Balaban J connectivity index is 1.32. The fourth-order valence-electron chi connectivity index (χ4n) is 5.65. The fourth-order valence-corrected chi connectivity index (χ4v) is 6.03. The van der Waals surface area contributed by atoms with Gasteiger partial charge in [0, 0.05) is 48.6 Å². The van der Waals surface area contributed by atoms with Crippen molar-refractivity contribution < 1.29 is 14.1 Å². The third-order valence-electron chi connectivity index (χ3n) is 7.68. The average molecular weight is 585 g/mol. The van der Waals surface area contributed by atoms with Crippen LogP contribution in [0.25, 0.3) is 11.1 Å². The zero-order valence-electron chi connectivity index (χ0n) is 21.2. The Morgan fingerprint density at radius 3 is 2.31 bits per heavy atom. The van der Waals surface area contributed by atoms with Crippen LogP contribution in [0.5, 0.6) is 0 Å². The summed E-state index contributed by atoms with van der Waals surface area (Å²) in [6.07, 6.45) is 3.31. The topological polar surface area (TPSA) is 86.4 Å². The molecular formula is C30H27BrN5O3+. The molecule has 1 spiro atoms. The number of pyridine rings is 2. The van der Waals surface area contributed by atoms with Gasteiger partial charge < -0.3 is 4.98 Å². The standard InChI is InChI=1S/C30H26BrN5O3/c31-25-7-4-13-32-27(25)20-34-15-17-36(18-16-34)28(26-19-24(37)12-14-33-26)29(38)35(30(36)39)23-10-8-22(9-11-23)21-5-2-1-3-6-21/h1-14,19,28H,15-18,20H2/p+1. The Morgan fingerprint density at radius 1 is 0.897 bits per heavy atom. The van der Waals surface area contributed by atoms with Crippen molar-refractivity contribution in [1.29, 1.82) is 0 Å². The second-order valence-corrected chi connectivity index (χ2v) is 10.8. The molecule has 0 bridgehead atoms. The number of carbonyl (C=O) groups excluding carboxylic acids is 2. The molecule has 0 aliphatic carbocycles. The molecule has 6 rings (SSSR count). The molecule has 2 saturated heterocycles. The highest BCUT2D eigenvalue weighted by molar-refractivity contribution is 9.10. The van der Waals surface area contributed by atoms with Crippen molar-refractivity contribution in [2.45, 2.75) is 12.6 Å². The van der Waals surface area contributed by atoms with Gasteiger partial charge in [-0.15, -0.1) is 0 Å². The highest BCUT2D eigenvalue weighted by atomic mass is 79.9. The van der Waals surface area contributed by atoms with E-state index in [1.54, 1.807) is 6.20 Å². The lowest BCUT2D eigenvalue weighted by atomic mass is 10.1. The first-order valence-corrected chi connectivity index (χ1v) is 13.7. The van der Waals surface area contributed by atoms with Crippen molar-refractivity contribution in [3.8, 4) is 11.1 Å². The quantitative estimate of drug-likeness (QED) is 0.270. The highest BCUT2D eigenvalue weighted by Gasteiger charge is 2.62. The number of piperazine rings is 1. The summed E-state index contributed by atoms with van der Waals surface area (Å²) >= 11 is 3.57. The maximum absolute atomic E-state index is 14.2. The predicted octanol–water partition coefficient (Wildman–Crippen LogP) is 4.74. The minimum absolute atomic E-state index is 0.0564. The van der Waals surface area contributed by atoms with Crippen LogP contribution >= 0.6 is 15.9 Å². The van der Waals surface area contributed by atoms with Gasteiger partial charge >= 0.3 is 11.9 Å². The van der Waals surface area contributed by atoms with Crippen LogP contribution in [0.4, 0.5) is 10.5 Å². The molecule has 4 heterocycles. The number of anilines is 1. The number of hydrogen-bond acceptors (Lipinski definition) is 5. The lowest BCUT2D eigenvalue weighted by Crippen LogP contribution is -2.62. The smallest absolute Gasteiger partial charge is 0.359 e. The van der Waals surface area contributed by atoms with Crippen LogP contribution in [0.2, 0.25) is 0 Å². The molecule has 2 aromatic carbocycles. The first-order chi connectivity index (χ1) is 19.0. The zero-order valence-corrected chi connectivity index (χ0v) is 22.8.